The normalized spacial score (nSPS) is 13.6. The molecule has 1 amide bonds. The molecular weight excluding hydrogens is 432 g/mol. The Balaban J connectivity index is 1.09. The van der Waals surface area contributed by atoms with E-state index in [4.69, 9.17) is 4.42 Å². The molecule has 4 aromatic rings. The highest BCUT2D eigenvalue weighted by atomic mass is 32.1. The van der Waals surface area contributed by atoms with Crippen molar-refractivity contribution in [2.24, 2.45) is 0 Å². The quantitative estimate of drug-likeness (QED) is 0.387. The number of carbonyl (C=O) groups excluding carboxylic acids is 1. The van der Waals surface area contributed by atoms with Gasteiger partial charge in [-0.25, -0.2) is 9.97 Å². The Hall–Kier alpha value is -3.29. The first-order valence-electron chi connectivity index (χ1n) is 11.3. The van der Waals surface area contributed by atoms with Crippen LogP contribution in [-0.4, -0.2) is 27.3 Å². The fourth-order valence-corrected chi connectivity index (χ4v) is 5.09. The standard InChI is InChI=1S/C26H26N4O2S/c31-24(12-7-13-25-27-16-22(32-25)20-10-5-2-6-11-20)29-26-28-21-14-15-30(18-23(21)33-26)17-19-8-3-1-4-9-19/h1-6,8-11,16H,7,12-15,17-18H2,(H,28,29,31). The first-order valence-corrected chi connectivity index (χ1v) is 12.1. The molecule has 168 valence electrons. The maximum absolute atomic E-state index is 12.4. The van der Waals surface area contributed by atoms with Crippen LogP contribution in [0.25, 0.3) is 11.3 Å². The molecule has 0 radical (unpaired) electrons. The highest BCUT2D eigenvalue weighted by Gasteiger charge is 2.21. The molecule has 0 atom stereocenters. The van der Waals surface area contributed by atoms with Crippen molar-refractivity contribution in [1.82, 2.24) is 14.9 Å². The van der Waals surface area contributed by atoms with Crippen LogP contribution in [0.4, 0.5) is 5.13 Å². The molecule has 1 aliphatic heterocycles. The molecule has 2 aromatic heterocycles. The van der Waals surface area contributed by atoms with Gasteiger partial charge in [0.25, 0.3) is 0 Å². The largest absolute Gasteiger partial charge is 0.441 e. The number of rotatable bonds is 8. The van der Waals surface area contributed by atoms with Crippen molar-refractivity contribution in [3.8, 4) is 11.3 Å². The number of amides is 1. The summed E-state index contributed by atoms with van der Waals surface area (Å²) in [6.45, 7) is 2.80. The Morgan fingerprint density at radius 1 is 1.09 bits per heavy atom. The molecule has 0 unspecified atom stereocenters. The van der Waals surface area contributed by atoms with Crippen molar-refractivity contribution in [3.63, 3.8) is 0 Å². The van der Waals surface area contributed by atoms with Gasteiger partial charge in [0.15, 0.2) is 16.8 Å². The topological polar surface area (TPSA) is 71.3 Å². The fraction of sp³-hybridized carbons (Fsp3) is 0.269. The molecular formula is C26H26N4O2S. The summed E-state index contributed by atoms with van der Waals surface area (Å²) in [6, 6.07) is 20.4. The first kappa shape index (κ1) is 21.6. The Kier molecular flexibility index (Phi) is 6.60. The van der Waals surface area contributed by atoms with Crippen molar-refractivity contribution >= 4 is 22.4 Å². The number of carbonyl (C=O) groups is 1. The van der Waals surface area contributed by atoms with Crippen molar-refractivity contribution in [3.05, 3.63) is 88.9 Å². The monoisotopic (exact) mass is 458 g/mol. The van der Waals surface area contributed by atoms with Gasteiger partial charge >= 0.3 is 0 Å². The number of nitrogens with one attached hydrogen (secondary N) is 1. The lowest BCUT2D eigenvalue weighted by atomic mass is 10.1. The lowest BCUT2D eigenvalue weighted by Gasteiger charge is -2.25. The lowest BCUT2D eigenvalue weighted by molar-refractivity contribution is -0.116. The highest BCUT2D eigenvalue weighted by Crippen LogP contribution is 2.29. The fourth-order valence-electron chi connectivity index (χ4n) is 4.02. The number of oxazole rings is 1. The number of hydrogen-bond donors (Lipinski definition) is 1. The number of benzene rings is 2. The smallest absolute Gasteiger partial charge is 0.226 e. The zero-order chi connectivity index (χ0) is 22.5. The maximum Gasteiger partial charge on any atom is 0.226 e. The van der Waals surface area contributed by atoms with Crippen LogP contribution >= 0.6 is 11.3 Å². The molecule has 5 rings (SSSR count). The Labute approximate surface area is 197 Å². The molecule has 0 saturated carbocycles. The Morgan fingerprint density at radius 2 is 1.88 bits per heavy atom. The number of nitrogens with zero attached hydrogens (tertiary/aromatic N) is 3. The van der Waals surface area contributed by atoms with E-state index in [0.717, 1.165) is 43.1 Å². The van der Waals surface area contributed by atoms with Crippen LogP contribution in [0.5, 0.6) is 0 Å². The van der Waals surface area contributed by atoms with Gasteiger partial charge in [0.1, 0.15) is 0 Å². The van der Waals surface area contributed by atoms with E-state index in [1.54, 1.807) is 17.5 Å². The van der Waals surface area contributed by atoms with Crippen molar-refractivity contribution in [1.29, 1.82) is 0 Å². The van der Waals surface area contributed by atoms with Crippen LogP contribution in [0.2, 0.25) is 0 Å². The minimum atomic E-state index is -0.0166. The second-order valence-electron chi connectivity index (χ2n) is 8.22. The summed E-state index contributed by atoms with van der Waals surface area (Å²) in [5, 5.41) is 3.68. The SMILES string of the molecule is O=C(CCCc1ncc(-c2ccccc2)o1)Nc1nc2c(s1)CN(Cc1ccccc1)CC2. The molecule has 6 nitrogen and oxygen atoms in total. The highest BCUT2D eigenvalue weighted by molar-refractivity contribution is 7.15. The molecule has 0 saturated heterocycles. The van der Waals surface area contributed by atoms with E-state index in [0.29, 0.717) is 30.3 Å². The summed E-state index contributed by atoms with van der Waals surface area (Å²) in [4.78, 5) is 25.1. The number of hydrogen-bond acceptors (Lipinski definition) is 6. The summed E-state index contributed by atoms with van der Waals surface area (Å²) in [5.74, 6) is 1.40. The number of anilines is 1. The molecule has 33 heavy (non-hydrogen) atoms. The first-order chi connectivity index (χ1) is 16.2. The van der Waals surface area contributed by atoms with Crippen LogP contribution < -0.4 is 5.32 Å². The van der Waals surface area contributed by atoms with Gasteiger partial charge in [-0.1, -0.05) is 60.7 Å². The second kappa shape index (κ2) is 10.1. The van der Waals surface area contributed by atoms with Gasteiger partial charge < -0.3 is 9.73 Å². The summed E-state index contributed by atoms with van der Waals surface area (Å²) in [5.41, 5.74) is 3.44. The summed E-state index contributed by atoms with van der Waals surface area (Å²) >= 11 is 1.59. The minimum Gasteiger partial charge on any atom is -0.441 e. The van der Waals surface area contributed by atoms with Gasteiger partial charge in [-0.15, -0.1) is 11.3 Å². The van der Waals surface area contributed by atoms with E-state index >= 15 is 0 Å². The zero-order valence-corrected chi connectivity index (χ0v) is 19.2. The van der Waals surface area contributed by atoms with E-state index in [2.05, 4.69) is 44.5 Å². The van der Waals surface area contributed by atoms with E-state index in [9.17, 15) is 4.79 Å². The van der Waals surface area contributed by atoms with Crippen molar-refractivity contribution in [2.45, 2.75) is 38.8 Å². The lowest BCUT2D eigenvalue weighted by Crippen LogP contribution is -2.29. The average molecular weight is 459 g/mol. The molecule has 1 aliphatic rings. The van der Waals surface area contributed by atoms with Gasteiger partial charge in [0.2, 0.25) is 5.91 Å². The second-order valence-corrected chi connectivity index (χ2v) is 9.30. The maximum atomic E-state index is 12.4. The summed E-state index contributed by atoms with van der Waals surface area (Å²) in [6.07, 6.45) is 4.38. The summed E-state index contributed by atoms with van der Waals surface area (Å²) in [7, 11) is 0. The predicted octanol–water partition coefficient (Wildman–Crippen LogP) is 5.32. The van der Waals surface area contributed by atoms with Gasteiger partial charge in [-0.3, -0.25) is 9.69 Å². The van der Waals surface area contributed by atoms with Crippen LogP contribution in [0.3, 0.4) is 0 Å². The van der Waals surface area contributed by atoms with Crippen LogP contribution in [0.15, 0.2) is 71.3 Å². The van der Waals surface area contributed by atoms with Crippen molar-refractivity contribution in [2.75, 3.05) is 11.9 Å². The molecule has 0 bridgehead atoms. The number of aromatic nitrogens is 2. The zero-order valence-electron chi connectivity index (χ0n) is 18.4. The third kappa shape index (κ3) is 5.56. The number of fused-ring (bicyclic) bond motifs is 1. The van der Waals surface area contributed by atoms with Crippen LogP contribution in [0, 0.1) is 0 Å². The molecule has 0 fully saturated rings. The van der Waals surface area contributed by atoms with Gasteiger partial charge in [0, 0.05) is 49.3 Å². The Morgan fingerprint density at radius 3 is 2.70 bits per heavy atom. The number of thiazole rings is 1. The Bertz CT molecular complexity index is 1200. The molecule has 0 spiro atoms. The van der Waals surface area contributed by atoms with Crippen molar-refractivity contribution < 1.29 is 9.21 Å². The third-order valence-corrected chi connectivity index (χ3v) is 6.71. The van der Waals surface area contributed by atoms with E-state index in [-0.39, 0.29) is 5.91 Å². The predicted molar refractivity (Wildman–Crippen MR) is 130 cm³/mol. The molecule has 1 N–H and O–H groups in total. The average Bonchev–Trinajstić information content (AvgIpc) is 3.47. The van der Waals surface area contributed by atoms with Crippen LogP contribution in [-0.2, 0) is 30.7 Å². The minimum absolute atomic E-state index is 0.0166. The third-order valence-electron chi connectivity index (χ3n) is 5.71. The molecule has 2 aromatic carbocycles. The van der Waals surface area contributed by atoms with Crippen LogP contribution in [0.1, 0.15) is 34.9 Å². The molecule has 0 aliphatic carbocycles. The van der Waals surface area contributed by atoms with Gasteiger partial charge in [-0.2, -0.15) is 0 Å². The molecule has 7 heteroatoms. The van der Waals surface area contributed by atoms with E-state index in [1.807, 2.05) is 36.4 Å². The van der Waals surface area contributed by atoms with E-state index in [1.165, 1.54) is 10.4 Å². The summed E-state index contributed by atoms with van der Waals surface area (Å²) < 4.78 is 5.82. The number of aryl methyl sites for hydroxylation is 1. The molecule has 3 heterocycles. The van der Waals surface area contributed by atoms with Gasteiger partial charge in [-0.05, 0) is 12.0 Å². The van der Waals surface area contributed by atoms with Gasteiger partial charge in [0.05, 0.1) is 11.9 Å². The van der Waals surface area contributed by atoms with E-state index < -0.39 is 0 Å².